The van der Waals surface area contributed by atoms with E-state index in [4.69, 9.17) is 11.6 Å². The first-order valence-corrected chi connectivity index (χ1v) is 12.5. The Morgan fingerprint density at radius 2 is 1.76 bits per heavy atom. The second kappa shape index (κ2) is 10.5. The lowest BCUT2D eigenvalue weighted by Crippen LogP contribution is -2.28. The molecular formula is C27H27ClN4OS. The van der Waals surface area contributed by atoms with Crippen molar-refractivity contribution < 1.29 is 4.79 Å². The van der Waals surface area contributed by atoms with Gasteiger partial charge in [-0.2, -0.15) is 0 Å². The van der Waals surface area contributed by atoms with E-state index in [1.54, 1.807) is 11.8 Å². The van der Waals surface area contributed by atoms with Crippen LogP contribution in [0.3, 0.4) is 0 Å². The van der Waals surface area contributed by atoms with Crippen LogP contribution in [0.2, 0.25) is 5.02 Å². The summed E-state index contributed by atoms with van der Waals surface area (Å²) in [7, 11) is 0. The van der Waals surface area contributed by atoms with E-state index < -0.39 is 0 Å². The molecule has 1 atom stereocenters. The van der Waals surface area contributed by atoms with Crippen molar-refractivity contribution in [3.05, 3.63) is 105 Å². The molecule has 7 heteroatoms. The highest BCUT2D eigenvalue weighted by atomic mass is 35.5. The highest BCUT2D eigenvalue weighted by Gasteiger charge is 2.22. The molecule has 0 saturated carbocycles. The Bertz CT molecular complexity index is 1320. The van der Waals surface area contributed by atoms with Gasteiger partial charge in [0.05, 0.1) is 11.7 Å². The van der Waals surface area contributed by atoms with E-state index in [-0.39, 0.29) is 11.9 Å². The van der Waals surface area contributed by atoms with Gasteiger partial charge in [0.2, 0.25) is 0 Å². The van der Waals surface area contributed by atoms with Crippen molar-refractivity contribution in [3.8, 4) is 5.69 Å². The SMILES string of the molecule is Cc1ccc(C(=O)NC(C)c2nnc(SCc3cccc(C)c3)n2-c2cc(Cl)ccc2C)cc1. The average Bonchev–Trinajstić information content (AvgIpc) is 3.23. The van der Waals surface area contributed by atoms with Gasteiger partial charge in [-0.15, -0.1) is 10.2 Å². The highest BCUT2D eigenvalue weighted by Crippen LogP contribution is 2.30. The Morgan fingerprint density at radius 1 is 1.00 bits per heavy atom. The number of aryl methyl sites for hydroxylation is 3. The van der Waals surface area contributed by atoms with Crippen LogP contribution < -0.4 is 5.32 Å². The summed E-state index contributed by atoms with van der Waals surface area (Å²) in [5, 5.41) is 13.4. The van der Waals surface area contributed by atoms with Crippen LogP contribution in [0.5, 0.6) is 0 Å². The van der Waals surface area contributed by atoms with Gasteiger partial charge >= 0.3 is 0 Å². The lowest BCUT2D eigenvalue weighted by molar-refractivity contribution is 0.0938. The fourth-order valence-electron chi connectivity index (χ4n) is 3.70. The van der Waals surface area contributed by atoms with Gasteiger partial charge in [-0.05, 0) is 63.1 Å². The van der Waals surface area contributed by atoms with Gasteiger partial charge in [-0.25, -0.2) is 0 Å². The van der Waals surface area contributed by atoms with Gasteiger partial charge in [0, 0.05) is 16.3 Å². The second-order valence-corrected chi connectivity index (χ2v) is 9.82. The number of aromatic nitrogens is 3. The van der Waals surface area contributed by atoms with Crippen LogP contribution in [0.4, 0.5) is 0 Å². The van der Waals surface area contributed by atoms with Crippen molar-refractivity contribution in [2.24, 2.45) is 0 Å². The van der Waals surface area contributed by atoms with Crippen molar-refractivity contribution in [2.45, 2.75) is 44.6 Å². The molecule has 1 aromatic heterocycles. The minimum atomic E-state index is -0.368. The number of carbonyl (C=O) groups excluding carboxylic acids is 1. The number of thioether (sulfide) groups is 1. The molecule has 0 aliphatic heterocycles. The number of hydrogen-bond donors (Lipinski definition) is 1. The summed E-state index contributed by atoms with van der Waals surface area (Å²) in [4.78, 5) is 12.9. The Morgan fingerprint density at radius 3 is 2.50 bits per heavy atom. The van der Waals surface area contributed by atoms with Crippen molar-refractivity contribution in [1.29, 1.82) is 0 Å². The van der Waals surface area contributed by atoms with E-state index in [0.717, 1.165) is 27.7 Å². The smallest absolute Gasteiger partial charge is 0.251 e. The van der Waals surface area contributed by atoms with E-state index in [2.05, 4.69) is 46.7 Å². The van der Waals surface area contributed by atoms with E-state index in [1.807, 2.05) is 67.8 Å². The summed E-state index contributed by atoms with van der Waals surface area (Å²) in [6.07, 6.45) is 0. The normalized spacial score (nSPS) is 11.9. The molecule has 0 fully saturated rings. The molecule has 1 unspecified atom stereocenters. The summed E-state index contributed by atoms with van der Waals surface area (Å²) in [5.74, 6) is 1.25. The predicted molar refractivity (Wildman–Crippen MR) is 139 cm³/mol. The van der Waals surface area contributed by atoms with Crippen LogP contribution in [0.25, 0.3) is 5.69 Å². The van der Waals surface area contributed by atoms with E-state index >= 15 is 0 Å². The van der Waals surface area contributed by atoms with Gasteiger partial charge in [0.25, 0.3) is 5.91 Å². The average molecular weight is 491 g/mol. The van der Waals surface area contributed by atoms with Gasteiger partial charge in [-0.1, -0.05) is 77.0 Å². The molecule has 1 heterocycles. The summed E-state index contributed by atoms with van der Waals surface area (Å²) in [6, 6.07) is 21.3. The molecule has 0 radical (unpaired) electrons. The number of nitrogens with zero attached hydrogens (tertiary/aromatic N) is 3. The zero-order valence-corrected chi connectivity index (χ0v) is 21.2. The van der Waals surface area contributed by atoms with Crippen molar-refractivity contribution in [3.63, 3.8) is 0 Å². The summed E-state index contributed by atoms with van der Waals surface area (Å²) in [6.45, 7) is 8.03. The van der Waals surface area contributed by atoms with Crippen molar-refractivity contribution in [2.75, 3.05) is 0 Å². The van der Waals surface area contributed by atoms with Gasteiger partial charge in [0.1, 0.15) is 0 Å². The number of carbonyl (C=O) groups is 1. The van der Waals surface area contributed by atoms with Crippen LogP contribution in [0, 0.1) is 20.8 Å². The topological polar surface area (TPSA) is 59.8 Å². The first kappa shape index (κ1) is 24.0. The molecule has 34 heavy (non-hydrogen) atoms. The fourth-order valence-corrected chi connectivity index (χ4v) is 4.77. The highest BCUT2D eigenvalue weighted by molar-refractivity contribution is 7.98. The zero-order chi connectivity index (χ0) is 24.2. The minimum Gasteiger partial charge on any atom is -0.342 e. The lowest BCUT2D eigenvalue weighted by atomic mass is 10.1. The quantitative estimate of drug-likeness (QED) is 0.295. The standard InChI is InChI=1S/C27H27ClN4OS/c1-17-8-11-22(12-9-17)26(33)29-20(4)25-30-31-27(34-16-21-7-5-6-18(2)14-21)32(25)24-15-23(28)13-10-19(24)3/h5-15,20H,16H2,1-4H3,(H,29,33). The molecule has 1 N–H and O–H groups in total. The van der Waals surface area contributed by atoms with Crippen LogP contribution in [0.15, 0.2) is 71.9 Å². The maximum Gasteiger partial charge on any atom is 0.251 e. The Labute approximate surface area is 209 Å². The number of hydrogen-bond acceptors (Lipinski definition) is 4. The molecule has 174 valence electrons. The Balaban J connectivity index is 1.66. The monoisotopic (exact) mass is 490 g/mol. The molecule has 0 spiro atoms. The molecule has 0 saturated heterocycles. The molecule has 0 aliphatic rings. The summed E-state index contributed by atoms with van der Waals surface area (Å²) >= 11 is 7.96. The van der Waals surface area contributed by atoms with Crippen LogP contribution in [0.1, 0.15) is 51.4 Å². The van der Waals surface area contributed by atoms with Gasteiger partial charge in [-0.3, -0.25) is 9.36 Å². The van der Waals surface area contributed by atoms with E-state index in [1.165, 1.54) is 11.1 Å². The molecule has 4 aromatic rings. The Hall–Kier alpha value is -3.09. The Kier molecular flexibility index (Phi) is 7.39. The number of nitrogens with one attached hydrogen (secondary N) is 1. The van der Waals surface area contributed by atoms with Crippen LogP contribution >= 0.6 is 23.4 Å². The molecule has 5 nitrogen and oxygen atoms in total. The number of amides is 1. The fraction of sp³-hybridized carbons (Fsp3) is 0.222. The molecule has 0 aliphatic carbocycles. The first-order chi connectivity index (χ1) is 16.3. The predicted octanol–water partition coefficient (Wildman–Crippen LogP) is 6.63. The maximum absolute atomic E-state index is 12.9. The van der Waals surface area contributed by atoms with Crippen LogP contribution in [-0.2, 0) is 5.75 Å². The minimum absolute atomic E-state index is 0.154. The number of benzene rings is 3. The maximum atomic E-state index is 12.9. The van der Waals surface area contributed by atoms with E-state index in [0.29, 0.717) is 16.4 Å². The van der Waals surface area contributed by atoms with Gasteiger partial charge < -0.3 is 5.32 Å². The first-order valence-electron chi connectivity index (χ1n) is 11.1. The third kappa shape index (κ3) is 5.51. The van der Waals surface area contributed by atoms with Gasteiger partial charge in [0.15, 0.2) is 11.0 Å². The second-order valence-electron chi connectivity index (χ2n) is 8.45. The van der Waals surface area contributed by atoms with Crippen molar-refractivity contribution >= 4 is 29.3 Å². The summed E-state index contributed by atoms with van der Waals surface area (Å²) < 4.78 is 2.00. The van der Waals surface area contributed by atoms with Crippen LogP contribution in [-0.4, -0.2) is 20.7 Å². The van der Waals surface area contributed by atoms with Crippen molar-refractivity contribution in [1.82, 2.24) is 20.1 Å². The molecule has 3 aromatic carbocycles. The third-order valence-corrected chi connectivity index (χ3v) is 6.80. The zero-order valence-electron chi connectivity index (χ0n) is 19.7. The van der Waals surface area contributed by atoms with E-state index in [9.17, 15) is 4.79 Å². The summed E-state index contributed by atoms with van der Waals surface area (Å²) in [5.41, 5.74) is 6.09. The largest absolute Gasteiger partial charge is 0.342 e. The number of halogens is 1. The molecule has 4 rings (SSSR count). The lowest BCUT2D eigenvalue weighted by Gasteiger charge is -2.18. The third-order valence-electron chi connectivity index (χ3n) is 5.57. The molecule has 1 amide bonds. The number of rotatable bonds is 7. The molecule has 0 bridgehead atoms. The molecular weight excluding hydrogens is 464 g/mol.